The first-order valence-corrected chi connectivity index (χ1v) is 6.11. The molecule has 0 fully saturated rings. The molecule has 1 heterocycles. The van der Waals surface area contributed by atoms with Crippen LogP contribution < -0.4 is 0 Å². The van der Waals surface area contributed by atoms with Crippen LogP contribution in [-0.4, -0.2) is 10.5 Å². The summed E-state index contributed by atoms with van der Waals surface area (Å²) in [6.45, 7) is 0. The fourth-order valence-corrected chi connectivity index (χ4v) is 2.29. The Bertz CT molecular complexity index is 779. The van der Waals surface area contributed by atoms with E-state index in [1.165, 1.54) is 10.6 Å². The molecule has 0 saturated heterocycles. The van der Waals surface area contributed by atoms with Gasteiger partial charge in [0.2, 0.25) is 0 Å². The van der Waals surface area contributed by atoms with Crippen molar-refractivity contribution in [2.75, 3.05) is 0 Å². The van der Waals surface area contributed by atoms with Gasteiger partial charge < -0.3 is 0 Å². The van der Waals surface area contributed by atoms with E-state index in [1.54, 1.807) is 48.7 Å². The van der Waals surface area contributed by atoms with Gasteiger partial charge in [-0.2, -0.15) is 0 Å². The second-order valence-corrected chi connectivity index (χ2v) is 4.55. The number of benzene rings is 2. The topological polar surface area (TPSA) is 22.0 Å². The van der Waals surface area contributed by atoms with Crippen LogP contribution in [0.1, 0.15) is 10.4 Å². The lowest BCUT2D eigenvalue weighted by molar-refractivity contribution is 0.0965. The largest absolute Gasteiger partial charge is 0.283 e. The van der Waals surface area contributed by atoms with E-state index in [1.807, 2.05) is 0 Å². The maximum atomic E-state index is 13.6. The second kappa shape index (κ2) is 4.52. The smallest absolute Gasteiger partial charge is 0.263 e. The van der Waals surface area contributed by atoms with Crippen LogP contribution in [0.3, 0.4) is 0 Å². The van der Waals surface area contributed by atoms with Crippen molar-refractivity contribution in [1.82, 2.24) is 4.57 Å². The van der Waals surface area contributed by atoms with Gasteiger partial charge in [0, 0.05) is 11.6 Å². The molecule has 0 bridgehead atoms. The quantitative estimate of drug-likeness (QED) is 0.654. The van der Waals surface area contributed by atoms with Crippen LogP contribution in [-0.2, 0) is 0 Å². The molecule has 94 valence electrons. The van der Waals surface area contributed by atoms with Gasteiger partial charge in [0.05, 0.1) is 16.1 Å². The third-order valence-corrected chi connectivity index (χ3v) is 3.33. The van der Waals surface area contributed by atoms with Gasteiger partial charge >= 0.3 is 0 Å². The lowest BCUT2D eigenvalue weighted by atomic mass is 10.2. The van der Waals surface area contributed by atoms with Crippen molar-refractivity contribution in [3.63, 3.8) is 0 Å². The molecule has 4 heteroatoms. The standard InChI is InChI=1S/C15H9ClFNO/c16-12-5-2-1-4-10(12)15(19)18-9-8-11-13(17)6-3-7-14(11)18/h1-9H. The SMILES string of the molecule is O=C(c1ccccc1Cl)n1ccc2c(F)cccc21. The lowest BCUT2D eigenvalue weighted by Gasteiger charge is -2.06. The van der Waals surface area contributed by atoms with Gasteiger partial charge in [-0.3, -0.25) is 9.36 Å². The molecule has 3 aromatic rings. The number of halogens is 2. The minimum Gasteiger partial charge on any atom is -0.283 e. The van der Waals surface area contributed by atoms with Crippen molar-refractivity contribution in [3.8, 4) is 0 Å². The summed E-state index contributed by atoms with van der Waals surface area (Å²) in [6.07, 6.45) is 1.55. The molecule has 0 spiro atoms. The average Bonchev–Trinajstić information content (AvgIpc) is 2.84. The van der Waals surface area contributed by atoms with E-state index in [9.17, 15) is 9.18 Å². The number of rotatable bonds is 1. The lowest BCUT2D eigenvalue weighted by Crippen LogP contribution is -2.11. The minimum absolute atomic E-state index is 0.272. The van der Waals surface area contributed by atoms with Crippen molar-refractivity contribution in [3.05, 3.63) is 71.1 Å². The third kappa shape index (κ3) is 1.92. The van der Waals surface area contributed by atoms with E-state index in [-0.39, 0.29) is 11.7 Å². The highest BCUT2D eigenvalue weighted by molar-refractivity contribution is 6.34. The first-order valence-electron chi connectivity index (χ1n) is 5.73. The molecule has 0 amide bonds. The van der Waals surface area contributed by atoms with Crippen molar-refractivity contribution >= 4 is 28.4 Å². The molecule has 0 N–H and O–H groups in total. The number of aromatic nitrogens is 1. The van der Waals surface area contributed by atoms with E-state index in [2.05, 4.69) is 0 Å². The van der Waals surface area contributed by atoms with Crippen LogP contribution in [0.5, 0.6) is 0 Å². The van der Waals surface area contributed by atoms with Gasteiger partial charge in [-0.25, -0.2) is 4.39 Å². The molecule has 0 aliphatic rings. The van der Waals surface area contributed by atoms with Crippen LogP contribution in [0.15, 0.2) is 54.7 Å². The number of fused-ring (bicyclic) bond motifs is 1. The molecule has 1 aromatic heterocycles. The number of carbonyl (C=O) groups excluding carboxylic acids is 1. The fraction of sp³-hybridized carbons (Fsp3) is 0. The Kier molecular flexibility index (Phi) is 2.84. The molecule has 0 aliphatic carbocycles. The Morgan fingerprint density at radius 2 is 1.84 bits per heavy atom. The Morgan fingerprint density at radius 1 is 1.05 bits per heavy atom. The van der Waals surface area contributed by atoms with E-state index in [0.717, 1.165) is 0 Å². The summed E-state index contributed by atoms with van der Waals surface area (Å²) in [4.78, 5) is 12.4. The first-order chi connectivity index (χ1) is 9.18. The summed E-state index contributed by atoms with van der Waals surface area (Å²) in [5, 5.41) is 0.800. The summed E-state index contributed by atoms with van der Waals surface area (Å²) < 4.78 is 15.0. The van der Waals surface area contributed by atoms with Crippen molar-refractivity contribution in [2.24, 2.45) is 0 Å². The maximum absolute atomic E-state index is 13.6. The van der Waals surface area contributed by atoms with Crippen LogP contribution in [0, 0.1) is 5.82 Å². The van der Waals surface area contributed by atoms with E-state index in [4.69, 9.17) is 11.6 Å². The zero-order valence-electron chi connectivity index (χ0n) is 9.81. The van der Waals surface area contributed by atoms with Crippen LogP contribution in [0.4, 0.5) is 4.39 Å². The molecule has 2 nitrogen and oxygen atoms in total. The van der Waals surface area contributed by atoms with E-state index >= 15 is 0 Å². The van der Waals surface area contributed by atoms with Crippen LogP contribution in [0.2, 0.25) is 5.02 Å². The number of carbonyl (C=O) groups is 1. The Labute approximate surface area is 114 Å². The molecule has 0 saturated carbocycles. The number of hydrogen-bond acceptors (Lipinski definition) is 1. The summed E-state index contributed by atoms with van der Waals surface area (Å²) in [5.41, 5.74) is 0.927. The molecule has 0 aliphatic heterocycles. The van der Waals surface area contributed by atoms with Gasteiger partial charge in [0.1, 0.15) is 5.82 Å². The van der Waals surface area contributed by atoms with Gasteiger partial charge in [0.25, 0.3) is 5.91 Å². The van der Waals surface area contributed by atoms with E-state index < -0.39 is 0 Å². The fourth-order valence-electron chi connectivity index (χ4n) is 2.07. The van der Waals surface area contributed by atoms with E-state index in [0.29, 0.717) is 21.5 Å². The summed E-state index contributed by atoms with van der Waals surface area (Å²) in [5.74, 6) is -0.616. The molecular weight excluding hydrogens is 265 g/mol. The molecular formula is C15H9ClFNO. The van der Waals surface area contributed by atoms with Gasteiger partial charge in [0.15, 0.2) is 0 Å². The highest BCUT2D eigenvalue weighted by Gasteiger charge is 2.15. The van der Waals surface area contributed by atoms with Crippen molar-refractivity contribution in [2.45, 2.75) is 0 Å². The van der Waals surface area contributed by atoms with Crippen LogP contribution in [0.25, 0.3) is 10.9 Å². The predicted octanol–water partition coefficient (Wildman–Crippen LogP) is 4.12. The van der Waals surface area contributed by atoms with Crippen LogP contribution >= 0.6 is 11.6 Å². The monoisotopic (exact) mass is 273 g/mol. The summed E-state index contributed by atoms with van der Waals surface area (Å²) >= 11 is 6.01. The van der Waals surface area contributed by atoms with Crippen molar-refractivity contribution < 1.29 is 9.18 Å². The number of nitrogens with zero attached hydrogens (tertiary/aromatic N) is 1. The highest BCUT2D eigenvalue weighted by Crippen LogP contribution is 2.22. The summed E-state index contributed by atoms with van der Waals surface area (Å²) in [6, 6.07) is 13.0. The van der Waals surface area contributed by atoms with Gasteiger partial charge in [-0.1, -0.05) is 29.8 Å². The molecule has 2 aromatic carbocycles. The highest BCUT2D eigenvalue weighted by atomic mass is 35.5. The zero-order chi connectivity index (χ0) is 13.4. The molecule has 0 atom stereocenters. The molecule has 19 heavy (non-hydrogen) atoms. The Morgan fingerprint density at radius 3 is 2.63 bits per heavy atom. The summed E-state index contributed by atoms with van der Waals surface area (Å²) in [7, 11) is 0. The Balaban J connectivity index is 2.18. The zero-order valence-corrected chi connectivity index (χ0v) is 10.6. The molecule has 0 unspecified atom stereocenters. The third-order valence-electron chi connectivity index (χ3n) is 3.00. The average molecular weight is 274 g/mol. The molecule has 0 radical (unpaired) electrons. The normalized spacial score (nSPS) is 10.8. The van der Waals surface area contributed by atoms with Gasteiger partial charge in [-0.05, 0) is 30.3 Å². The maximum Gasteiger partial charge on any atom is 0.263 e. The Hall–Kier alpha value is -2.13. The second-order valence-electron chi connectivity index (χ2n) is 4.14. The predicted molar refractivity (Wildman–Crippen MR) is 73.1 cm³/mol. The van der Waals surface area contributed by atoms with Crippen molar-refractivity contribution in [1.29, 1.82) is 0 Å². The number of hydrogen-bond donors (Lipinski definition) is 0. The minimum atomic E-state index is -0.344. The first kappa shape index (κ1) is 11.9. The molecule has 3 rings (SSSR count). The van der Waals surface area contributed by atoms with Gasteiger partial charge in [-0.15, -0.1) is 0 Å².